The van der Waals surface area contributed by atoms with Crippen molar-refractivity contribution >= 4 is 29.9 Å². The van der Waals surface area contributed by atoms with Gasteiger partial charge in [-0.1, -0.05) is 42.5 Å². The monoisotopic (exact) mass is 531 g/mol. The zero-order valence-corrected chi connectivity index (χ0v) is 20.4. The van der Waals surface area contributed by atoms with Crippen LogP contribution in [0.5, 0.6) is 5.75 Å². The van der Waals surface area contributed by atoms with Crippen LogP contribution in [0.25, 0.3) is 0 Å². The molecule has 1 aromatic heterocycles. The minimum absolute atomic E-state index is 0. The molecule has 2 heterocycles. The van der Waals surface area contributed by atoms with Crippen molar-refractivity contribution in [1.29, 1.82) is 0 Å². The van der Waals surface area contributed by atoms with E-state index in [1.807, 2.05) is 55.3 Å². The standard InChI is InChI=1S/C24H29N5O.HI/c1-25-24(29-12-11-21(17-29)22-15-27-28(2)16-22)26-14-20-9-6-10-23(13-20)30-18-19-7-4-3-5-8-19;/h3-10,13,15-16,21H,11-12,14,17-18H2,1-2H3,(H,25,26);1H. The van der Waals surface area contributed by atoms with Gasteiger partial charge in [-0.3, -0.25) is 9.67 Å². The van der Waals surface area contributed by atoms with E-state index < -0.39 is 0 Å². The molecule has 164 valence electrons. The second-order valence-electron chi connectivity index (χ2n) is 7.70. The molecule has 3 aromatic rings. The van der Waals surface area contributed by atoms with Crippen molar-refractivity contribution in [1.82, 2.24) is 20.0 Å². The van der Waals surface area contributed by atoms with Crippen LogP contribution in [0.1, 0.15) is 29.0 Å². The van der Waals surface area contributed by atoms with Gasteiger partial charge in [-0.2, -0.15) is 5.10 Å². The molecule has 1 atom stereocenters. The van der Waals surface area contributed by atoms with Gasteiger partial charge in [0.15, 0.2) is 5.96 Å². The topological polar surface area (TPSA) is 54.7 Å². The first-order valence-electron chi connectivity index (χ1n) is 10.4. The lowest BCUT2D eigenvalue weighted by molar-refractivity contribution is 0.306. The van der Waals surface area contributed by atoms with Crippen molar-refractivity contribution in [3.63, 3.8) is 0 Å². The predicted octanol–water partition coefficient (Wildman–Crippen LogP) is 4.18. The van der Waals surface area contributed by atoms with Crippen molar-refractivity contribution in [2.45, 2.75) is 25.5 Å². The number of halogens is 1. The summed E-state index contributed by atoms with van der Waals surface area (Å²) >= 11 is 0. The van der Waals surface area contributed by atoms with Crippen LogP contribution in [0, 0.1) is 0 Å². The molecule has 1 unspecified atom stereocenters. The predicted molar refractivity (Wildman–Crippen MR) is 135 cm³/mol. The molecule has 0 spiro atoms. The Bertz CT molecular complexity index is 988. The average Bonchev–Trinajstić information content (AvgIpc) is 3.43. The molecular formula is C24H30IN5O. The third kappa shape index (κ3) is 6.22. The molecule has 0 saturated carbocycles. The Morgan fingerprint density at radius 3 is 2.71 bits per heavy atom. The summed E-state index contributed by atoms with van der Waals surface area (Å²) in [5.41, 5.74) is 3.64. The molecule has 0 amide bonds. The summed E-state index contributed by atoms with van der Waals surface area (Å²) in [5, 5.41) is 7.82. The average molecular weight is 531 g/mol. The van der Waals surface area contributed by atoms with Crippen molar-refractivity contribution in [2.75, 3.05) is 20.1 Å². The van der Waals surface area contributed by atoms with E-state index in [2.05, 4.69) is 50.8 Å². The largest absolute Gasteiger partial charge is 0.489 e. The Morgan fingerprint density at radius 2 is 1.97 bits per heavy atom. The van der Waals surface area contributed by atoms with E-state index in [-0.39, 0.29) is 24.0 Å². The van der Waals surface area contributed by atoms with Crippen LogP contribution in [0.4, 0.5) is 0 Å². The summed E-state index contributed by atoms with van der Waals surface area (Å²) in [6, 6.07) is 18.5. The molecule has 6 nitrogen and oxygen atoms in total. The molecule has 0 bridgehead atoms. The minimum Gasteiger partial charge on any atom is -0.489 e. The highest BCUT2D eigenvalue weighted by Gasteiger charge is 2.26. The van der Waals surface area contributed by atoms with Crippen LogP contribution >= 0.6 is 24.0 Å². The summed E-state index contributed by atoms with van der Waals surface area (Å²) in [7, 11) is 3.81. The van der Waals surface area contributed by atoms with Gasteiger partial charge in [-0.15, -0.1) is 24.0 Å². The van der Waals surface area contributed by atoms with E-state index in [1.54, 1.807) is 0 Å². The number of benzene rings is 2. The fourth-order valence-electron chi connectivity index (χ4n) is 3.88. The normalized spacial score (nSPS) is 16.1. The molecular weight excluding hydrogens is 501 g/mol. The molecule has 4 rings (SSSR count). The maximum atomic E-state index is 5.95. The number of guanidine groups is 1. The fourth-order valence-corrected chi connectivity index (χ4v) is 3.88. The van der Waals surface area contributed by atoms with E-state index in [9.17, 15) is 0 Å². The third-order valence-corrected chi connectivity index (χ3v) is 5.49. The molecule has 1 fully saturated rings. The Morgan fingerprint density at radius 1 is 1.16 bits per heavy atom. The molecule has 0 aliphatic carbocycles. The number of ether oxygens (including phenoxy) is 1. The van der Waals surface area contributed by atoms with Crippen molar-refractivity contribution in [2.24, 2.45) is 12.0 Å². The number of nitrogens with zero attached hydrogens (tertiary/aromatic N) is 4. The van der Waals surface area contributed by atoms with Crippen molar-refractivity contribution in [3.8, 4) is 5.75 Å². The minimum atomic E-state index is 0. The van der Waals surface area contributed by atoms with Gasteiger partial charge in [-0.05, 0) is 35.2 Å². The molecule has 1 N–H and O–H groups in total. The first kappa shape index (κ1) is 23.1. The number of aliphatic imine (C=N–C) groups is 1. The first-order chi connectivity index (χ1) is 14.7. The van der Waals surface area contributed by atoms with E-state index in [0.29, 0.717) is 19.1 Å². The smallest absolute Gasteiger partial charge is 0.193 e. The van der Waals surface area contributed by atoms with Gasteiger partial charge in [-0.25, -0.2) is 0 Å². The van der Waals surface area contributed by atoms with Gasteiger partial charge >= 0.3 is 0 Å². The Balaban J connectivity index is 0.00000272. The lowest BCUT2D eigenvalue weighted by atomic mass is 10.0. The number of nitrogens with one attached hydrogen (secondary N) is 1. The number of aromatic nitrogens is 2. The van der Waals surface area contributed by atoms with E-state index in [4.69, 9.17) is 4.74 Å². The molecule has 31 heavy (non-hydrogen) atoms. The molecule has 1 aliphatic rings. The van der Waals surface area contributed by atoms with Crippen LogP contribution in [0.2, 0.25) is 0 Å². The Hall–Kier alpha value is -2.55. The SMILES string of the molecule is CN=C(NCc1cccc(OCc2ccccc2)c1)N1CCC(c2cnn(C)c2)C1.I. The van der Waals surface area contributed by atoms with Gasteiger partial charge in [0.05, 0.1) is 6.20 Å². The van der Waals surface area contributed by atoms with Gasteiger partial charge in [0, 0.05) is 45.8 Å². The van der Waals surface area contributed by atoms with Gasteiger partial charge in [0.1, 0.15) is 12.4 Å². The summed E-state index contributed by atoms with van der Waals surface area (Å²) in [5.74, 6) is 2.33. The van der Waals surface area contributed by atoms with Gasteiger partial charge in [0.2, 0.25) is 0 Å². The molecule has 2 aromatic carbocycles. The highest BCUT2D eigenvalue weighted by atomic mass is 127. The summed E-state index contributed by atoms with van der Waals surface area (Å²) in [6.45, 7) is 3.25. The highest BCUT2D eigenvalue weighted by molar-refractivity contribution is 14.0. The fraction of sp³-hybridized carbons (Fsp3) is 0.333. The zero-order valence-electron chi connectivity index (χ0n) is 18.1. The maximum absolute atomic E-state index is 5.95. The molecule has 7 heteroatoms. The third-order valence-electron chi connectivity index (χ3n) is 5.49. The maximum Gasteiger partial charge on any atom is 0.193 e. The van der Waals surface area contributed by atoms with Crippen LogP contribution in [-0.4, -0.2) is 40.8 Å². The second-order valence-corrected chi connectivity index (χ2v) is 7.70. The summed E-state index contributed by atoms with van der Waals surface area (Å²) in [4.78, 5) is 6.82. The molecule has 1 aliphatic heterocycles. The van der Waals surface area contributed by atoms with E-state index in [0.717, 1.165) is 31.2 Å². The summed E-state index contributed by atoms with van der Waals surface area (Å²) < 4.78 is 7.83. The Labute approximate surface area is 201 Å². The first-order valence-corrected chi connectivity index (χ1v) is 10.4. The number of hydrogen-bond acceptors (Lipinski definition) is 3. The second kappa shape index (κ2) is 11.2. The zero-order chi connectivity index (χ0) is 20.8. The molecule has 0 radical (unpaired) electrons. The number of likely N-dealkylation sites (tertiary alicyclic amines) is 1. The lowest BCUT2D eigenvalue weighted by Crippen LogP contribution is -2.39. The van der Waals surface area contributed by atoms with Crippen LogP contribution in [-0.2, 0) is 20.2 Å². The number of rotatable bonds is 6. The van der Waals surface area contributed by atoms with E-state index >= 15 is 0 Å². The number of hydrogen-bond donors (Lipinski definition) is 1. The summed E-state index contributed by atoms with van der Waals surface area (Å²) in [6.07, 6.45) is 5.21. The van der Waals surface area contributed by atoms with Crippen molar-refractivity contribution in [3.05, 3.63) is 83.7 Å². The highest BCUT2D eigenvalue weighted by Crippen LogP contribution is 2.26. The van der Waals surface area contributed by atoms with Crippen LogP contribution in [0.15, 0.2) is 72.0 Å². The lowest BCUT2D eigenvalue weighted by Gasteiger charge is -2.21. The Kier molecular flexibility index (Phi) is 8.34. The van der Waals surface area contributed by atoms with Crippen LogP contribution in [0.3, 0.4) is 0 Å². The van der Waals surface area contributed by atoms with Crippen molar-refractivity contribution < 1.29 is 4.74 Å². The number of aryl methyl sites for hydroxylation is 1. The van der Waals surface area contributed by atoms with E-state index in [1.165, 1.54) is 16.7 Å². The van der Waals surface area contributed by atoms with Gasteiger partial charge in [0.25, 0.3) is 0 Å². The molecule has 1 saturated heterocycles. The quantitative estimate of drug-likeness (QED) is 0.295. The van der Waals surface area contributed by atoms with Gasteiger partial charge < -0.3 is 15.0 Å². The van der Waals surface area contributed by atoms with Crippen LogP contribution < -0.4 is 10.1 Å².